The van der Waals surface area contributed by atoms with E-state index in [1.807, 2.05) is 54.6 Å². The fraction of sp³-hybridized carbons (Fsp3) is 0.0909. The molecule has 202 valence electrons. The Hall–Kier alpha value is -4.52. The van der Waals surface area contributed by atoms with Crippen molar-refractivity contribution < 1.29 is 18.3 Å². The Morgan fingerprint density at radius 2 is 1.34 bits per heavy atom. The Labute approximate surface area is 243 Å². The predicted octanol–water partition coefficient (Wildman–Crippen LogP) is 8.44. The van der Waals surface area contributed by atoms with Crippen LogP contribution in [0.4, 0.5) is 0 Å². The minimum Gasteiger partial charge on any atom is -0.486 e. The lowest BCUT2D eigenvalue weighted by Gasteiger charge is -2.27. The number of benzene rings is 4. The van der Waals surface area contributed by atoms with Crippen molar-refractivity contribution in [2.24, 2.45) is 0 Å². The highest BCUT2D eigenvalue weighted by Gasteiger charge is 2.31. The average Bonchev–Trinajstić information content (AvgIpc) is 2.99. The highest BCUT2D eigenvalue weighted by atomic mass is 35.5. The molecule has 0 saturated heterocycles. The van der Waals surface area contributed by atoms with Gasteiger partial charge in [-0.05, 0) is 36.4 Å². The van der Waals surface area contributed by atoms with Crippen LogP contribution in [0.5, 0.6) is 11.5 Å². The van der Waals surface area contributed by atoms with Crippen LogP contribution in [0.1, 0.15) is 18.1 Å². The molecule has 1 atom stereocenters. The maximum absolute atomic E-state index is 13.6. The lowest BCUT2D eigenvalue weighted by Crippen LogP contribution is -2.22. The van der Waals surface area contributed by atoms with E-state index in [-0.39, 0.29) is 29.0 Å². The molecule has 0 saturated carbocycles. The standard InChI is InChI=1S/C33H20Cl2O6/c34-19-10-12-25-23(16-19)28(36)32(30(39-25)18-6-2-1-3-7-18)38-15-14-27-21-8-4-5-9-22(21)31-33(41-27)29(37)24-17-20(35)11-13-26(24)40-31/h1-13,16-17,27H,14-15H2. The van der Waals surface area contributed by atoms with Crippen LogP contribution in [0.15, 0.2) is 109 Å². The number of hydrogen-bond donors (Lipinski definition) is 0. The summed E-state index contributed by atoms with van der Waals surface area (Å²) in [6.07, 6.45) is -0.189. The van der Waals surface area contributed by atoms with Gasteiger partial charge in [-0.25, -0.2) is 0 Å². The fourth-order valence-corrected chi connectivity index (χ4v) is 5.51. The van der Waals surface area contributed by atoms with Crippen molar-refractivity contribution in [3.05, 3.63) is 127 Å². The Kier molecular flexibility index (Phi) is 6.30. The molecule has 1 aliphatic heterocycles. The van der Waals surface area contributed by atoms with Crippen molar-refractivity contribution in [1.29, 1.82) is 0 Å². The van der Waals surface area contributed by atoms with Crippen molar-refractivity contribution in [1.82, 2.24) is 0 Å². The molecule has 0 bridgehead atoms. The van der Waals surface area contributed by atoms with Gasteiger partial charge in [0.15, 0.2) is 11.5 Å². The molecule has 1 unspecified atom stereocenters. The van der Waals surface area contributed by atoms with Crippen LogP contribution in [0.3, 0.4) is 0 Å². The van der Waals surface area contributed by atoms with Gasteiger partial charge in [-0.2, -0.15) is 0 Å². The fourth-order valence-electron chi connectivity index (χ4n) is 5.17. The molecule has 0 aliphatic carbocycles. The lowest BCUT2D eigenvalue weighted by molar-refractivity contribution is 0.155. The van der Waals surface area contributed by atoms with Gasteiger partial charge in [0.25, 0.3) is 0 Å². The van der Waals surface area contributed by atoms with E-state index < -0.39 is 6.10 Å². The summed E-state index contributed by atoms with van der Waals surface area (Å²) in [5.41, 5.74) is 2.52. The molecule has 4 aromatic carbocycles. The number of fused-ring (bicyclic) bond motifs is 5. The van der Waals surface area contributed by atoms with Gasteiger partial charge in [-0.1, -0.05) is 77.8 Å². The quantitative estimate of drug-likeness (QED) is 0.203. The summed E-state index contributed by atoms with van der Waals surface area (Å²) in [4.78, 5) is 27.0. The average molecular weight is 583 g/mol. The van der Waals surface area contributed by atoms with Crippen LogP contribution >= 0.6 is 23.2 Å². The summed E-state index contributed by atoms with van der Waals surface area (Å²) in [7, 11) is 0. The second kappa shape index (κ2) is 10.1. The molecule has 0 N–H and O–H groups in total. The number of rotatable bonds is 5. The van der Waals surface area contributed by atoms with Gasteiger partial charge in [0.05, 0.1) is 17.4 Å². The molecule has 0 fully saturated rings. The van der Waals surface area contributed by atoms with Crippen LogP contribution in [-0.2, 0) is 0 Å². The SMILES string of the molecule is O=c1c(OCCC2Oc3c(oc4ccc(Cl)cc4c3=O)-c3ccccc32)c(-c2ccccc2)oc2ccc(Cl)cc12. The van der Waals surface area contributed by atoms with Crippen LogP contribution in [0, 0.1) is 0 Å². The highest BCUT2D eigenvalue weighted by molar-refractivity contribution is 6.31. The predicted molar refractivity (Wildman–Crippen MR) is 159 cm³/mol. The molecule has 0 amide bonds. The van der Waals surface area contributed by atoms with Crippen LogP contribution < -0.4 is 20.3 Å². The molecule has 41 heavy (non-hydrogen) atoms. The van der Waals surface area contributed by atoms with Gasteiger partial charge in [0.2, 0.25) is 22.4 Å². The summed E-state index contributed by atoms with van der Waals surface area (Å²) in [6, 6.07) is 26.7. The Bertz CT molecular complexity index is 2080. The third-order valence-corrected chi connectivity index (χ3v) is 7.57. The van der Waals surface area contributed by atoms with Crippen molar-refractivity contribution in [2.45, 2.75) is 12.5 Å². The van der Waals surface area contributed by atoms with Gasteiger partial charge < -0.3 is 18.3 Å². The summed E-state index contributed by atoms with van der Waals surface area (Å²) >= 11 is 12.3. The maximum atomic E-state index is 13.6. The van der Waals surface area contributed by atoms with E-state index in [0.717, 1.165) is 11.1 Å². The Morgan fingerprint density at radius 3 is 2.07 bits per heavy atom. The van der Waals surface area contributed by atoms with E-state index in [1.54, 1.807) is 36.4 Å². The molecule has 6 nitrogen and oxygen atoms in total. The van der Waals surface area contributed by atoms with Crippen molar-refractivity contribution in [3.63, 3.8) is 0 Å². The van der Waals surface area contributed by atoms with Crippen LogP contribution in [0.2, 0.25) is 10.0 Å². The first-order valence-corrected chi connectivity index (χ1v) is 13.7. The van der Waals surface area contributed by atoms with Gasteiger partial charge in [-0.3, -0.25) is 9.59 Å². The van der Waals surface area contributed by atoms with E-state index in [4.69, 9.17) is 41.5 Å². The molecule has 1 aliphatic rings. The first-order chi connectivity index (χ1) is 20.0. The minimum atomic E-state index is -0.527. The number of hydrogen-bond acceptors (Lipinski definition) is 6. The molecule has 3 heterocycles. The van der Waals surface area contributed by atoms with E-state index in [1.165, 1.54) is 0 Å². The highest BCUT2D eigenvalue weighted by Crippen LogP contribution is 2.43. The minimum absolute atomic E-state index is 0.0793. The van der Waals surface area contributed by atoms with Crippen molar-refractivity contribution in [2.75, 3.05) is 6.61 Å². The van der Waals surface area contributed by atoms with E-state index in [0.29, 0.717) is 55.5 Å². The van der Waals surface area contributed by atoms with Crippen LogP contribution in [-0.4, -0.2) is 6.61 Å². The van der Waals surface area contributed by atoms with Gasteiger partial charge in [-0.15, -0.1) is 0 Å². The largest absolute Gasteiger partial charge is 0.486 e. The zero-order valence-electron chi connectivity index (χ0n) is 21.4. The van der Waals surface area contributed by atoms with E-state index in [9.17, 15) is 9.59 Å². The zero-order valence-corrected chi connectivity index (χ0v) is 22.9. The summed E-state index contributed by atoms with van der Waals surface area (Å²) in [5.74, 6) is 0.893. The maximum Gasteiger partial charge on any atom is 0.235 e. The monoisotopic (exact) mass is 582 g/mol. The number of ether oxygens (including phenoxy) is 2. The van der Waals surface area contributed by atoms with Crippen molar-refractivity contribution in [3.8, 4) is 34.1 Å². The van der Waals surface area contributed by atoms with Crippen LogP contribution in [0.25, 0.3) is 44.6 Å². The molecular weight excluding hydrogens is 563 g/mol. The van der Waals surface area contributed by atoms with E-state index >= 15 is 0 Å². The Balaban J connectivity index is 1.25. The third-order valence-electron chi connectivity index (χ3n) is 7.10. The van der Waals surface area contributed by atoms with Crippen molar-refractivity contribution >= 4 is 45.1 Å². The normalized spacial score (nSPS) is 14.0. The molecule has 0 spiro atoms. The second-order valence-electron chi connectivity index (χ2n) is 9.66. The lowest BCUT2D eigenvalue weighted by atomic mass is 9.95. The van der Waals surface area contributed by atoms with Gasteiger partial charge >= 0.3 is 0 Å². The molecule has 6 aromatic rings. The molecule has 2 aromatic heterocycles. The first-order valence-electron chi connectivity index (χ1n) is 12.9. The summed E-state index contributed by atoms with van der Waals surface area (Å²) in [6.45, 7) is 0.107. The molecular formula is C33H20Cl2O6. The van der Waals surface area contributed by atoms with Gasteiger partial charge in [0, 0.05) is 33.2 Å². The zero-order chi connectivity index (χ0) is 28.1. The summed E-state index contributed by atoms with van der Waals surface area (Å²) in [5, 5.41) is 1.51. The molecule has 0 radical (unpaired) electrons. The molecule has 8 heteroatoms. The summed E-state index contributed by atoms with van der Waals surface area (Å²) < 4.78 is 24.7. The third kappa shape index (κ3) is 4.46. The number of halogens is 2. The second-order valence-corrected chi connectivity index (χ2v) is 10.5. The van der Waals surface area contributed by atoms with E-state index in [2.05, 4.69) is 0 Å². The first kappa shape index (κ1) is 25.4. The Morgan fingerprint density at radius 1 is 0.707 bits per heavy atom. The van der Waals surface area contributed by atoms with Gasteiger partial charge in [0.1, 0.15) is 17.3 Å². The smallest absolute Gasteiger partial charge is 0.235 e. The topological polar surface area (TPSA) is 78.9 Å². The molecule has 7 rings (SSSR count).